The van der Waals surface area contributed by atoms with Gasteiger partial charge in [0.05, 0.1) is 17.6 Å². The van der Waals surface area contributed by atoms with Gasteiger partial charge < -0.3 is 15.3 Å². The number of aromatic nitrogens is 2. The topological polar surface area (TPSA) is 113 Å². The zero-order chi connectivity index (χ0) is 18.4. The van der Waals surface area contributed by atoms with Gasteiger partial charge in [-0.1, -0.05) is 6.42 Å². The molecule has 8 heteroatoms. The molecule has 0 aliphatic heterocycles. The first-order chi connectivity index (χ1) is 12.4. The van der Waals surface area contributed by atoms with Gasteiger partial charge in [0.15, 0.2) is 11.5 Å². The number of hydrogen-bond acceptors (Lipinski definition) is 5. The van der Waals surface area contributed by atoms with E-state index in [1.54, 1.807) is 0 Å². The second kappa shape index (κ2) is 7.50. The van der Waals surface area contributed by atoms with Crippen molar-refractivity contribution in [1.82, 2.24) is 9.55 Å². The molecule has 2 aliphatic carbocycles. The Bertz CT molecular complexity index is 942. The minimum Gasteiger partial charge on any atom is -0.504 e. The maximum Gasteiger partial charge on any atom is 0.348 e. The van der Waals surface area contributed by atoms with Crippen molar-refractivity contribution in [1.29, 1.82) is 0 Å². The lowest BCUT2D eigenvalue weighted by atomic mass is 9.85. The Morgan fingerprint density at radius 3 is 2.56 bits per heavy atom. The van der Waals surface area contributed by atoms with Crippen LogP contribution in [0, 0.1) is 17.8 Å². The fourth-order valence-electron chi connectivity index (χ4n) is 4.81. The van der Waals surface area contributed by atoms with E-state index < -0.39 is 11.7 Å². The molecule has 27 heavy (non-hydrogen) atoms. The van der Waals surface area contributed by atoms with Gasteiger partial charge in [-0.15, -0.1) is 17.0 Å². The highest BCUT2D eigenvalue weighted by molar-refractivity contribution is 8.93. The number of carboxylic acids is 1. The number of hydrogen-bond donors (Lipinski definition) is 3. The molecule has 0 amide bonds. The molecule has 2 bridgehead atoms. The average Bonchev–Trinajstić information content (AvgIpc) is 3.19. The predicted molar refractivity (Wildman–Crippen MR) is 105 cm³/mol. The molecule has 2 aliphatic rings. The van der Waals surface area contributed by atoms with Crippen molar-refractivity contribution in [3.8, 4) is 11.5 Å². The Labute approximate surface area is 166 Å². The highest BCUT2D eigenvalue weighted by Crippen LogP contribution is 2.49. The fourth-order valence-corrected chi connectivity index (χ4v) is 4.81. The number of nitrogens with zero attached hydrogens (tertiary/aromatic N) is 2. The van der Waals surface area contributed by atoms with Crippen LogP contribution in [0.25, 0.3) is 10.9 Å². The molecule has 0 spiro atoms. The van der Waals surface area contributed by atoms with Gasteiger partial charge in [-0.05, 0) is 49.5 Å². The highest BCUT2D eigenvalue weighted by Gasteiger charge is 2.39. The van der Waals surface area contributed by atoms with Crippen LogP contribution in [-0.2, 0) is 17.8 Å². The summed E-state index contributed by atoms with van der Waals surface area (Å²) in [6.45, 7) is -0.0315. The maximum absolute atomic E-state index is 12.5. The molecule has 1 aromatic heterocycles. The van der Waals surface area contributed by atoms with Crippen molar-refractivity contribution >= 4 is 33.9 Å². The number of aliphatic carboxylic acids is 1. The van der Waals surface area contributed by atoms with E-state index in [1.165, 1.54) is 36.0 Å². The Kier molecular flexibility index (Phi) is 5.46. The van der Waals surface area contributed by atoms with Crippen molar-refractivity contribution in [2.24, 2.45) is 17.8 Å². The number of rotatable bonds is 5. The number of carboxylic acid groups (broad SMARTS) is 1. The van der Waals surface area contributed by atoms with E-state index >= 15 is 0 Å². The predicted octanol–water partition coefficient (Wildman–Crippen LogP) is 2.84. The van der Waals surface area contributed by atoms with Gasteiger partial charge in [0.1, 0.15) is 0 Å². The molecule has 7 nitrogen and oxygen atoms in total. The van der Waals surface area contributed by atoms with Crippen LogP contribution in [0.1, 0.15) is 37.8 Å². The number of carbonyl (C=O) groups is 1. The number of aryl methyl sites for hydroxylation is 1. The van der Waals surface area contributed by atoms with Crippen molar-refractivity contribution < 1.29 is 20.1 Å². The van der Waals surface area contributed by atoms with Crippen molar-refractivity contribution in [3.05, 3.63) is 28.3 Å². The van der Waals surface area contributed by atoms with Crippen molar-refractivity contribution in [2.75, 3.05) is 0 Å². The van der Waals surface area contributed by atoms with Gasteiger partial charge in [0.25, 0.3) is 0 Å². The van der Waals surface area contributed by atoms with Gasteiger partial charge in [0.2, 0.25) is 0 Å². The molecule has 1 aromatic carbocycles. The Hall–Kier alpha value is -2.09. The van der Waals surface area contributed by atoms with E-state index in [0.717, 1.165) is 12.3 Å². The molecule has 2 saturated carbocycles. The Balaban J connectivity index is 0.00000210. The lowest BCUT2D eigenvalue weighted by Crippen LogP contribution is -2.27. The summed E-state index contributed by atoms with van der Waals surface area (Å²) in [7, 11) is 0. The van der Waals surface area contributed by atoms with Crippen LogP contribution in [0.4, 0.5) is 0 Å². The third-order valence-electron chi connectivity index (χ3n) is 6.05. The molecule has 2 fully saturated rings. The summed E-state index contributed by atoms with van der Waals surface area (Å²) < 4.78 is 1.26. The van der Waals surface area contributed by atoms with Gasteiger partial charge in [-0.25, -0.2) is 4.79 Å². The molecule has 146 valence electrons. The summed E-state index contributed by atoms with van der Waals surface area (Å²) in [5.41, 5.74) is 0.533. The summed E-state index contributed by atoms with van der Waals surface area (Å²) in [5.74, 6) is 0.338. The number of phenols is 2. The first-order valence-corrected chi connectivity index (χ1v) is 9.09. The van der Waals surface area contributed by atoms with E-state index in [2.05, 4.69) is 4.98 Å². The van der Waals surface area contributed by atoms with Crippen LogP contribution >= 0.6 is 17.0 Å². The first kappa shape index (κ1) is 19.7. The quantitative estimate of drug-likeness (QED) is 0.618. The van der Waals surface area contributed by atoms with Gasteiger partial charge >= 0.3 is 11.7 Å². The molecular weight excluding hydrogens is 416 g/mol. The zero-order valence-corrected chi connectivity index (χ0v) is 16.5. The van der Waals surface area contributed by atoms with E-state index in [9.17, 15) is 19.8 Å². The minimum absolute atomic E-state index is 0. The number of fused-ring (bicyclic) bond motifs is 3. The monoisotopic (exact) mass is 438 g/mol. The average molecular weight is 439 g/mol. The number of aromatic hydroxyl groups is 2. The smallest absolute Gasteiger partial charge is 0.348 e. The standard InChI is InChI=1S/C19H22N2O5.BrH/c22-16-8-13-14(7-12-6-10-1-2-11(12)5-10)20-19(26)21(4-3-18(24)25)15(13)9-17(16)23;/h8-12,22-23H,1-7H2,(H,24,25);1H. The van der Waals surface area contributed by atoms with Crippen LogP contribution in [-0.4, -0.2) is 30.8 Å². The summed E-state index contributed by atoms with van der Waals surface area (Å²) in [4.78, 5) is 27.6. The minimum atomic E-state index is -1.01. The second-order valence-corrected chi connectivity index (χ2v) is 7.63. The largest absolute Gasteiger partial charge is 0.504 e. The molecule has 3 unspecified atom stereocenters. The molecule has 0 saturated heterocycles. The van der Waals surface area contributed by atoms with Gasteiger partial charge in [-0.3, -0.25) is 9.36 Å². The lowest BCUT2D eigenvalue weighted by Gasteiger charge is -2.22. The van der Waals surface area contributed by atoms with Gasteiger partial charge in [0, 0.05) is 18.0 Å². The third-order valence-corrected chi connectivity index (χ3v) is 6.05. The van der Waals surface area contributed by atoms with Crippen LogP contribution in [0.2, 0.25) is 0 Å². The Morgan fingerprint density at radius 1 is 1.19 bits per heavy atom. The number of benzene rings is 1. The van der Waals surface area contributed by atoms with Crippen molar-refractivity contribution in [3.63, 3.8) is 0 Å². The molecule has 3 atom stereocenters. The van der Waals surface area contributed by atoms with E-state index in [0.29, 0.717) is 34.9 Å². The van der Waals surface area contributed by atoms with Crippen LogP contribution < -0.4 is 5.69 Å². The molecule has 2 aromatic rings. The summed E-state index contributed by atoms with van der Waals surface area (Å²) in [6.07, 6.45) is 5.39. The third kappa shape index (κ3) is 3.67. The highest BCUT2D eigenvalue weighted by atomic mass is 79.9. The van der Waals surface area contributed by atoms with Crippen LogP contribution in [0.15, 0.2) is 16.9 Å². The summed E-state index contributed by atoms with van der Waals surface area (Å²) in [6, 6.07) is 2.75. The van der Waals surface area contributed by atoms with E-state index in [1.807, 2.05) is 0 Å². The van der Waals surface area contributed by atoms with Crippen LogP contribution in [0.5, 0.6) is 11.5 Å². The summed E-state index contributed by atoms with van der Waals surface area (Å²) >= 11 is 0. The normalized spacial score (nSPS) is 23.5. The SMILES string of the molecule is Br.O=C(O)CCn1c(=O)nc(CC2CC3CCC2C3)c2cc(O)c(O)cc21. The summed E-state index contributed by atoms with van der Waals surface area (Å²) in [5, 5.41) is 29.3. The van der Waals surface area contributed by atoms with E-state index in [-0.39, 0.29) is 41.4 Å². The zero-order valence-electron chi connectivity index (χ0n) is 14.8. The van der Waals surface area contributed by atoms with E-state index in [4.69, 9.17) is 5.11 Å². The molecule has 3 N–H and O–H groups in total. The Morgan fingerprint density at radius 2 is 1.93 bits per heavy atom. The fraction of sp³-hybridized carbons (Fsp3) is 0.526. The van der Waals surface area contributed by atoms with Crippen LogP contribution in [0.3, 0.4) is 0 Å². The molecule has 1 heterocycles. The molecular formula is C19H23BrN2O5. The molecule has 0 radical (unpaired) electrons. The van der Waals surface area contributed by atoms with Gasteiger partial charge in [-0.2, -0.15) is 4.98 Å². The second-order valence-electron chi connectivity index (χ2n) is 7.63. The van der Waals surface area contributed by atoms with Crippen molar-refractivity contribution in [2.45, 2.75) is 45.1 Å². The number of halogens is 1. The molecule has 4 rings (SSSR count). The maximum atomic E-state index is 12.5. The first-order valence-electron chi connectivity index (χ1n) is 9.09. The number of phenolic OH excluding ortho intramolecular Hbond substituents is 2. The lowest BCUT2D eigenvalue weighted by molar-refractivity contribution is -0.137.